The molecule has 1 aromatic carbocycles. The Morgan fingerprint density at radius 1 is 1.10 bits per heavy atom. The van der Waals surface area contributed by atoms with Crippen molar-refractivity contribution in [2.75, 3.05) is 26.3 Å². The topological polar surface area (TPSA) is 75.7 Å². The number of morpholine rings is 1. The van der Waals surface area contributed by atoms with Gasteiger partial charge in [-0.1, -0.05) is 28.1 Å². The van der Waals surface area contributed by atoms with Crippen LogP contribution in [0.15, 0.2) is 29.2 Å². The molecule has 5 aliphatic rings. The predicted molar refractivity (Wildman–Crippen MR) is 117 cm³/mol. The molecule has 4 aliphatic carbocycles. The first-order valence-corrected chi connectivity index (χ1v) is 13.2. The summed E-state index contributed by atoms with van der Waals surface area (Å²) >= 11 is 3.97. The third-order valence-electron chi connectivity index (χ3n) is 7.46. The maximum atomic E-state index is 13.2. The number of hydrogen-bond acceptors (Lipinski definition) is 4. The first-order chi connectivity index (χ1) is 14.3. The first kappa shape index (κ1) is 20.9. The Labute approximate surface area is 186 Å². The van der Waals surface area contributed by atoms with Crippen LogP contribution in [0.4, 0.5) is 0 Å². The molecule has 1 amide bonds. The highest BCUT2D eigenvalue weighted by Gasteiger charge is 2.59. The second-order valence-corrected chi connectivity index (χ2v) is 13.4. The molecule has 1 N–H and O–H groups in total. The van der Waals surface area contributed by atoms with Crippen LogP contribution in [-0.4, -0.2) is 49.3 Å². The lowest BCUT2D eigenvalue weighted by atomic mass is 9.49. The van der Waals surface area contributed by atoms with E-state index in [2.05, 4.69) is 21.2 Å². The quantitative estimate of drug-likeness (QED) is 0.635. The molecule has 1 aromatic rings. The zero-order chi connectivity index (χ0) is 21.0. The number of halogens is 1. The molecule has 1 saturated heterocycles. The van der Waals surface area contributed by atoms with E-state index in [4.69, 9.17) is 4.74 Å². The van der Waals surface area contributed by atoms with Crippen LogP contribution in [0, 0.1) is 17.3 Å². The average Bonchev–Trinajstić information content (AvgIpc) is 2.71. The number of nitrogens with zero attached hydrogens (tertiary/aromatic N) is 1. The second kappa shape index (κ2) is 7.57. The lowest BCUT2D eigenvalue weighted by Gasteiger charge is -2.59. The molecule has 6 rings (SSSR count). The molecule has 0 aromatic heterocycles. The fourth-order valence-electron chi connectivity index (χ4n) is 6.50. The minimum Gasteiger partial charge on any atom is -0.379 e. The smallest absolute Gasteiger partial charge is 0.243 e. The van der Waals surface area contributed by atoms with Crippen LogP contribution in [0.3, 0.4) is 0 Å². The maximum Gasteiger partial charge on any atom is 0.243 e. The maximum absolute atomic E-state index is 13.2. The summed E-state index contributed by atoms with van der Waals surface area (Å²) in [5.74, 6) is 1.51. The van der Waals surface area contributed by atoms with Gasteiger partial charge in [0.1, 0.15) is 0 Å². The number of amides is 1. The van der Waals surface area contributed by atoms with E-state index in [1.807, 2.05) is 0 Å². The average molecular weight is 497 g/mol. The van der Waals surface area contributed by atoms with Crippen LogP contribution in [0.1, 0.15) is 44.1 Å². The van der Waals surface area contributed by atoms with Gasteiger partial charge >= 0.3 is 0 Å². The van der Waals surface area contributed by atoms with Crippen LogP contribution >= 0.6 is 15.9 Å². The van der Waals surface area contributed by atoms with Crippen molar-refractivity contribution in [3.8, 4) is 0 Å². The number of rotatable bonds is 5. The summed E-state index contributed by atoms with van der Waals surface area (Å²) in [5, 5.41) is 3.16. The van der Waals surface area contributed by atoms with Crippen LogP contribution in [0.25, 0.3) is 0 Å². The lowest BCUT2D eigenvalue weighted by Crippen LogP contribution is -2.58. The molecule has 4 saturated carbocycles. The molecule has 164 valence electrons. The van der Waals surface area contributed by atoms with E-state index in [1.54, 1.807) is 24.3 Å². The van der Waals surface area contributed by atoms with Crippen LogP contribution in [-0.2, 0) is 26.1 Å². The Hall–Kier alpha value is -0.960. The van der Waals surface area contributed by atoms with Crippen molar-refractivity contribution in [1.29, 1.82) is 0 Å². The predicted octanol–water partition coefficient (Wildman–Crippen LogP) is 3.06. The lowest BCUT2D eigenvalue weighted by molar-refractivity contribution is -0.144. The summed E-state index contributed by atoms with van der Waals surface area (Å²) < 4.78 is 32.4. The van der Waals surface area contributed by atoms with Gasteiger partial charge in [0, 0.05) is 24.0 Å². The van der Waals surface area contributed by atoms with E-state index in [1.165, 1.54) is 23.6 Å². The fourth-order valence-corrected chi connectivity index (χ4v) is 9.36. The third kappa shape index (κ3) is 3.74. The van der Waals surface area contributed by atoms with Crippen molar-refractivity contribution in [2.45, 2.75) is 54.3 Å². The van der Waals surface area contributed by atoms with Gasteiger partial charge in [0.2, 0.25) is 15.9 Å². The van der Waals surface area contributed by atoms with Crippen LogP contribution in [0.5, 0.6) is 0 Å². The van der Waals surface area contributed by atoms with Crippen molar-refractivity contribution in [3.05, 3.63) is 29.8 Å². The Bertz CT molecular complexity index is 913. The SMILES string of the molecule is O=C(NCc1ccc(S(=O)(=O)N2CCOCC2)cc1)C12CC3CC(CC(Br)(C3)C1)C2. The van der Waals surface area contributed by atoms with Crippen molar-refractivity contribution in [3.63, 3.8) is 0 Å². The second-order valence-electron chi connectivity index (χ2n) is 9.74. The third-order valence-corrected chi connectivity index (χ3v) is 10.3. The molecule has 0 spiro atoms. The number of nitrogens with one attached hydrogen (secondary N) is 1. The van der Waals surface area contributed by atoms with Gasteiger partial charge in [0.15, 0.2) is 0 Å². The summed E-state index contributed by atoms with van der Waals surface area (Å²) in [5.41, 5.74) is 0.690. The number of sulfonamides is 1. The zero-order valence-electron chi connectivity index (χ0n) is 17.1. The van der Waals surface area contributed by atoms with Gasteiger partial charge < -0.3 is 10.1 Å². The number of benzene rings is 1. The number of carbonyl (C=O) groups is 1. The van der Waals surface area contributed by atoms with Crippen LogP contribution < -0.4 is 5.32 Å². The molecule has 6 nitrogen and oxygen atoms in total. The van der Waals surface area contributed by atoms with Gasteiger partial charge in [-0.3, -0.25) is 4.79 Å². The highest BCUT2D eigenvalue weighted by molar-refractivity contribution is 9.10. The van der Waals surface area contributed by atoms with E-state index in [-0.39, 0.29) is 15.6 Å². The van der Waals surface area contributed by atoms with Gasteiger partial charge in [-0.05, 0) is 68.1 Å². The van der Waals surface area contributed by atoms with Crippen LogP contribution in [0.2, 0.25) is 0 Å². The number of ether oxygens (including phenoxy) is 1. The minimum atomic E-state index is -3.49. The largest absolute Gasteiger partial charge is 0.379 e. The molecule has 8 heteroatoms. The zero-order valence-corrected chi connectivity index (χ0v) is 19.5. The Kier molecular flexibility index (Phi) is 5.28. The van der Waals surface area contributed by atoms with E-state index in [9.17, 15) is 13.2 Å². The molecule has 2 unspecified atom stereocenters. The number of carbonyl (C=O) groups excluding carboxylic acids is 1. The van der Waals surface area contributed by atoms with E-state index in [0.29, 0.717) is 49.6 Å². The first-order valence-electron chi connectivity index (χ1n) is 10.9. The molecule has 30 heavy (non-hydrogen) atoms. The summed E-state index contributed by atoms with van der Waals surface area (Å²) in [6, 6.07) is 6.90. The molecule has 1 aliphatic heterocycles. The Morgan fingerprint density at radius 2 is 1.73 bits per heavy atom. The standard InChI is InChI=1S/C22H29BrN2O4S/c23-22-12-17-9-18(13-22)11-21(10-17,15-22)20(26)24-14-16-1-3-19(4-2-16)30(27,28)25-5-7-29-8-6-25/h1-4,17-18H,5-15H2,(H,24,26). The van der Waals surface area contributed by atoms with Crippen molar-refractivity contribution in [2.24, 2.45) is 17.3 Å². The van der Waals surface area contributed by atoms with Gasteiger partial charge in [0.05, 0.1) is 23.5 Å². The molecule has 5 fully saturated rings. The summed E-state index contributed by atoms with van der Waals surface area (Å²) in [6.07, 6.45) is 6.66. The van der Waals surface area contributed by atoms with E-state index in [0.717, 1.165) is 24.8 Å². The number of hydrogen-bond donors (Lipinski definition) is 1. The van der Waals surface area contributed by atoms with E-state index < -0.39 is 10.0 Å². The molecular weight excluding hydrogens is 468 g/mol. The molecular formula is C22H29BrN2O4S. The summed E-state index contributed by atoms with van der Waals surface area (Å²) in [4.78, 5) is 13.5. The minimum absolute atomic E-state index is 0.157. The summed E-state index contributed by atoms with van der Waals surface area (Å²) in [7, 11) is -3.49. The Balaban J connectivity index is 1.23. The fraction of sp³-hybridized carbons (Fsp3) is 0.682. The Morgan fingerprint density at radius 3 is 2.33 bits per heavy atom. The molecule has 0 radical (unpaired) electrons. The van der Waals surface area contributed by atoms with E-state index >= 15 is 0 Å². The highest BCUT2D eigenvalue weighted by atomic mass is 79.9. The highest BCUT2D eigenvalue weighted by Crippen LogP contribution is 2.64. The van der Waals surface area contributed by atoms with Gasteiger partial charge in [-0.2, -0.15) is 4.31 Å². The van der Waals surface area contributed by atoms with Crippen molar-refractivity contribution < 1.29 is 17.9 Å². The van der Waals surface area contributed by atoms with Gasteiger partial charge in [-0.15, -0.1) is 0 Å². The summed E-state index contributed by atoms with van der Waals surface area (Å²) in [6.45, 7) is 2.08. The number of alkyl halides is 1. The van der Waals surface area contributed by atoms with Gasteiger partial charge in [-0.25, -0.2) is 8.42 Å². The normalized spacial score (nSPS) is 36.0. The monoisotopic (exact) mass is 496 g/mol. The molecule has 4 bridgehead atoms. The van der Waals surface area contributed by atoms with Crippen molar-refractivity contribution >= 4 is 31.9 Å². The van der Waals surface area contributed by atoms with Crippen molar-refractivity contribution in [1.82, 2.24) is 9.62 Å². The molecule has 1 heterocycles. The van der Waals surface area contributed by atoms with Gasteiger partial charge in [0.25, 0.3) is 0 Å². The molecule has 2 atom stereocenters.